The molecule has 0 radical (unpaired) electrons. The summed E-state index contributed by atoms with van der Waals surface area (Å²) in [7, 11) is 1.35. The lowest BCUT2D eigenvalue weighted by Gasteiger charge is -2.43. The molecule has 45 heavy (non-hydrogen) atoms. The van der Waals surface area contributed by atoms with Crippen molar-refractivity contribution in [2.45, 2.75) is 81.7 Å². The lowest BCUT2D eigenvalue weighted by Crippen LogP contribution is -2.54. The van der Waals surface area contributed by atoms with Gasteiger partial charge in [0.1, 0.15) is 41.8 Å². The molecule has 0 spiro atoms. The Morgan fingerprint density at radius 1 is 1.07 bits per heavy atom. The quantitative estimate of drug-likeness (QED) is 0.297. The first-order valence-electron chi connectivity index (χ1n) is 15.1. The number of aliphatic hydroxyl groups excluding tert-OH is 1. The van der Waals surface area contributed by atoms with Gasteiger partial charge in [0.2, 0.25) is 5.78 Å². The number of hydrogen-bond donors (Lipinski definition) is 4. The number of phenolic OH excluding ortho intramolecular Hbond substituents is 2. The van der Waals surface area contributed by atoms with Crippen molar-refractivity contribution < 1.29 is 58.5 Å². The van der Waals surface area contributed by atoms with E-state index in [0.29, 0.717) is 19.6 Å². The van der Waals surface area contributed by atoms with E-state index in [1.54, 1.807) is 0 Å². The molecule has 0 saturated carbocycles. The van der Waals surface area contributed by atoms with Crippen LogP contribution < -0.4 is 4.74 Å². The highest BCUT2D eigenvalue weighted by atomic mass is 16.7. The summed E-state index contributed by atoms with van der Waals surface area (Å²) in [5, 5.41) is 44.5. The summed E-state index contributed by atoms with van der Waals surface area (Å²) in [5.41, 5.74) is -3.34. The monoisotopic (exact) mass is 625 g/mol. The standard InChI is InChI=1S/C32H35NO12/c1-13-30-17(33-7-8-42-14(2)31(33)45-30)9-21(43-13)44-19-11-32(40,20(35)12-34)10-16-23(19)29(39)25-24(27(16)37)26(36)15-5-4-6-18(41-3)22(15)28(25)38/h4-6,13-14,17,19,21,30-31,34,37,39-40H,7-12H2,1-3H3/t13-,14+,17?,19-,21-,30+,31+,32-/m0/s1. The zero-order valence-electron chi connectivity index (χ0n) is 25.0. The van der Waals surface area contributed by atoms with Crippen molar-refractivity contribution in [3.63, 3.8) is 0 Å². The molecule has 3 heterocycles. The van der Waals surface area contributed by atoms with E-state index in [1.165, 1.54) is 25.3 Å². The minimum Gasteiger partial charge on any atom is -0.507 e. The molecule has 1 unspecified atom stereocenters. The van der Waals surface area contributed by atoms with Gasteiger partial charge in [-0.15, -0.1) is 0 Å². The Kier molecular flexibility index (Phi) is 7.28. The van der Waals surface area contributed by atoms with Crippen LogP contribution in [0.5, 0.6) is 17.2 Å². The Morgan fingerprint density at radius 3 is 2.56 bits per heavy atom. The van der Waals surface area contributed by atoms with Gasteiger partial charge in [-0.2, -0.15) is 0 Å². The van der Waals surface area contributed by atoms with Gasteiger partial charge < -0.3 is 44.1 Å². The lowest BCUT2D eigenvalue weighted by atomic mass is 9.72. The molecule has 3 fully saturated rings. The molecule has 240 valence electrons. The van der Waals surface area contributed by atoms with Gasteiger partial charge >= 0.3 is 0 Å². The minimum absolute atomic E-state index is 0.0273. The average Bonchev–Trinajstić information content (AvgIpc) is 3.41. The number of benzene rings is 2. The number of rotatable bonds is 5. The Balaban J connectivity index is 1.31. The van der Waals surface area contributed by atoms with Crippen LogP contribution in [0.2, 0.25) is 0 Å². The molecule has 2 aliphatic carbocycles. The molecule has 3 aliphatic heterocycles. The van der Waals surface area contributed by atoms with Crippen molar-refractivity contribution >= 4 is 17.3 Å². The summed E-state index contributed by atoms with van der Waals surface area (Å²) < 4.78 is 30.0. The van der Waals surface area contributed by atoms with Crippen LogP contribution in [0.3, 0.4) is 0 Å². The molecular formula is C32H35NO12. The first kappa shape index (κ1) is 30.2. The Hall–Kier alpha value is -3.43. The number of aliphatic hydroxyl groups is 2. The lowest BCUT2D eigenvalue weighted by molar-refractivity contribution is -0.247. The highest BCUT2D eigenvalue weighted by molar-refractivity contribution is 6.31. The third-order valence-electron chi connectivity index (χ3n) is 9.88. The fourth-order valence-electron chi connectivity index (χ4n) is 7.73. The number of carbonyl (C=O) groups excluding carboxylic acids is 3. The van der Waals surface area contributed by atoms with Crippen LogP contribution in [0, 0.1) is 0 Å². The van der Waals surface area contributed by atoms with Crippen LogP contribution in [-0.4, -0.2) is 112 Å². The molecule has 7 rings (SSSR count). The maximum absolute atomic E-state index is 13.9. The smallest absolute Gasteiger partial charge is 0.202 e. The Morgan fingerprint density at radius 2 is 1.82 bits per heavy atom. The molecule has 8 atom stereocenters. The fraction of sp³-hybridized carbons (Fsp3) is 0.531. The van der Waals surface area contributed by atoms with Gasteiger partial charge in [0.05, 0.1) is 48.7 Å². The van der Waals surface area contributed by atoms with Crippen molar-refractivity contribution in [2.75, 3.05) is 26.9 Å². The van der Waals surface area contributed by atoms with Crippen LogP contribution in [-0.2, 0) is 30.2 Å². The fourth-order valence-corrected chi connectivity index (χ4v) is 7.73. The van der Waals surface area contributed by atoms with E-state index < -0.39 is 83.5 Å². The maximum atomic E-state index is 13.9. The number of nitrogens with zero attached hydrogens (tertiary/aromatic N) is 1. The highest BCUT2D eigenvalue weighted by Gasteiger charge is 2.54. The van der Waals surface area contributed by atoms with Crippen LogP contribution in [0.25, 0.3) is 0 Å². The number of Topliss-reactive ketones (excluding diaryl/α,β-unsaturated/α-hetero) is 1. The highest BCUT2D eigenvalue weighted by Crippen LogP contribution is 2.53. The van der Waals surface area contributed by atoms with Gasteiger partial charge in [-0.3, -0.25) is 19.3 Å². The van der Waals surface area contributed by atoms with Gasteiger partial charge in [-0.1, -0.05) is 12.1 Å². The zero-order chi connectivity index (χ0) is 31.9. The van der Waals surface area contributed by atoms with Gasteiger partial charge in [0.15, 0.2) is 17.9 Å². The Labute approximate surface area is 258 Å². The van der Waals surface area contributed by atoms with Gasteiger partial charge in [0.25, 0.3) is 0 Å². The van der Waals surface area contributed by atoms with E-state index in [4.69, 9.17) is 23.7 Å². The summed E-state index contributed by atoms with van der Waals surface area (Å²) in [4.78, 5) is 42.6. The first-order chi connectivity index (χ1) is 21.5. The molecule has 0 aromatic heterocycles. The third-order valence-corrected chi connectivity index (χ3v) is 9.88. The summed E-state index contributed by atoms with van der Waals surface area (Å²) >= 11 is 0. The van der Waals surface area contributed by atoms with E-state index in [2.05, 4.69) is 4.90 Å². The van der Waals surface area contributed by atoms with E-state index in [0.717, 1.165) is 0 Å². The van der Waals surface area contributed by atoms with E-state index in [1.807, 2.05) is 13.8 Å². The second-order valence-electron chi connectivity index (χ2n) is 12.4. The third kappa shape index (κ3) is 4.44. The number of hydrogen-bond acceptors (Lipinski definition) is 13. The molecule has 4 N–H and O–H groups in total. The van der Waals surface area contributed by atoms with Crippen LogP contribution in [0.15, 0.2) is 18.2 Å². The maximum Gasteiger partial charge on any atom is 0.202 e. The molecule has 2 aromatic rings. The van der Waals surface area contributed by atoms with E-state index in [-0.39, 0.29) is 52.5 Å². The predicted molar refractivity (Wildman–Crippen MR) is 152 cm³/mol. The number of ketones is 3. The predicted octanol–water partition coefficient (Wildman–Crippen LogP) is 1.13. The molecule has 5 aliphatic rings. The summed E-state index contributed by atoms with van der Waals surface area (Å²) in [6.07, 6.45) is -3.85. The largest absolute Gasteiger partial charge is 0.507 e. The van der Waals surface area contributed by atoms with Crippen LogP contribution >= 0.6 is 0 Å². The van der Waals surface area contributed by atoms with Crippen LogP contribution in [0.4, 0.5) is 0 Å². The van der Waals surface area contributed by atoms with E-state index >= 15 is 0 Å². The van der Waals surface area contributed by atoms with Crippen LogP contribution in [0.1, 0.15) is 75.8 Å². The summed E-state index contributed by atoms with van der Waals surface area (Å²) in [6, 6.07) is 4.36. The van der Waals surface area contributed by atoms with Gasteiger partial charge in [-0.05, 0) is 19.9 Å². The summed E-state index contributed by atoms with van der Waals surface area (Å²) in [6.45, 7) is 3.99. The number of aromatic hydroxyl groups is 2. The number of ether oxygens (including phenoxy) is 5. The number of fused-ring (bicyclic) bond motifs is 6. The van der Waals surface area contributed by atoms with Gasteiger partial charge in [0, 0.05) is 48.5 Å². The SMILES string of the molecule is COc1cccc2c1C(=O)c1c(O)c3c(c(O)c1C2=O)C[C@@](O)(C(=O)CO)C[C@@H]3O[C@H]1CC2[C@H](O[C@@H]3[C@@H](C)OCCN23)[C@H](C)O1. The molecule has 0 bridgehead atoms. The van der Waals surface area contributed by atoms with Gasteiger partial charge in [-0.25, -0.2) is 0 Å². The number of morpholine rings is 1. The first-order valence-corrected chi connectivity index (χ1v) is 15.1. The molecular weight excluding hydrogens is 590 g/mol. The number of phenols is 2. The normalized spacial score (nSPS) is 33.9. The second kappa shape index (κ2) is 10.8. The second-order valence-corrected chi connectivity index (χ2v) is 12.4. The van der Waals surface area contributed by atoms with Crippen molar-refractivity contribution in [3.8, 4) is 17.2 Å². The topological polar surface area (TPSA) is 182 Å². The molecule has 13 heteroatoms. The van der Waals surface area contributed by atoms with E-state index in [9.17, 15) is 34.8 Å². The average molecular weight is 626 g/mol. The number of methoxy groups -OCH3 is 1. The number of carbonyl (C=O) groups is 3. The molecule has 13 nitrogen and oxygen atoms in total. The zero-order valence-corrected chi connectivity index (χ0v) is 25.0. The summed E-state index contributed by atoms with van der Waals surface area (Å²) in [5.74, 6) is -3.54. The Bertz CT molecular complexity index is 1610. The molecule has 2 aromatic carbocycles. The molecule has 3 saturated heterocycles. The van der Waals surface area contributed by atoms with Crippen molar-refractivity contribution in [1.29, 1.82) is 0 Å². The molecule has 0 amide bonds. The van der Waals surface area contributed by atoms with Crippen molar-refractivity contribution in [1.82, 2.24) is 4.90 Å². The van der Waals surface area contributed by atoms with Crippen molar-refractivity contribution in [2.24, 2.45) is 0 Å². The van der Waals surface area contributed by atoms with Crippen molar-refractivity contribution in [3.05, 3.63) is 51.6 Å². The minimum atomic E-state index is -2.21.